The van der Waals surface area contributed by atoms with Crippen molar-refractivity contribution < 1.29 is 14.4 Å². The van der Waals surface area contributed by atoms with Crippen molar-refractivity contribution in [2.75, 3.05) is 26.2 Å². The monoisotopic (exact) mass is 283 g/mol. The minimum Gasteiger partial charge on any atom is -0.389 e. The number of ether oxygens (including phenoxy) is 1. The topological polar surface area (TPSA) is 71.6 Å². The molecule has 1 N–H and O–H groups in total. The highest BCUT2D eigenvalue weighted by Crippen LogP contribution is 2.26. The zero-order valence-corrected chi connectivity index (χ0v) is 12.6. The second-order valence-electron chi connectivity index (χ2n) is 5.79. The van der Waals surface area contributed by atoms with E-state index in [1.165, 1.54) is 0 Å². The van der Waals surface area contributed by atoms with Gasteiger partial charge in [0.15, 0.2) is 5.82 Å². The van der Waals surface area contributed by atoms with Gasteiger partial charge in [-0.2, -0.15) is 4.98 Å². The number of aryl methyl sites for hydroxylation is 1. The normalized spacial score (nSPS) is 19.6. The standard InChI is InChI=1S/C14H25N3O3/c1-10(2)19-9-13(18)8-17-6-4-12(5-7-17)14-15-11(3)16-20-14/h10,12-13,18H,4-9H2,1-3H3. The van der Waals surface area contributed by atoms with Crippen LogP contribution in [-0.2, 0) is 4.74 Å². The molecule has 20 heavy (non-hydrogen) atoms. The summed E-state index contributed by atoms with van der Waals surface area (Å²) in [5.41, 5.74) is 0. The van der Waals surface area contributed by atoms with Crippen molar-refractivity contribution >= 4 is 0 Å². The average molecular weight is 283 g/mol. The molecule has 0 radical (unpaired) electrons. The molecule has 1 aliphatic rings. The average Bonchev–Trinajstić information content (AvgIpc) is 2.84. The van der Waals surface area contributed by atoms with Crippen LogP contribution in [0.5, 0.6) is 0 Å². The van der Waals surface area contributed by atoms with Gasteiger partial charge in [0.1, 0.15) is 0 Å². The van der Waals surface area contributed by atoms with Gasteiger partial charge in [0.25, 0.3) is 0 Å². The fraction of sp³-hybridized carbons (Fsp3) is 0.857. The maximum Gasteiger partial charge on any atom is 0.229 e. The van der Waals surface area contributed by atoms with Crippen LogP contribution in [0.15, 0.2) is 4.52 Å². The number of aliphatic hydroxyl groups is 1. The van der Waals surface area contributed by atoms with E-state index in [2.05, 4.69) is 15.0 Å². The molecule has 1 unspecified atom stereocenters. The number of β-amino-alcohol motifs (C(OH)–C–C–N with tert-alkyl or cyclic N) is 1. The zero-order valence-electron chi connectivity index (χ0n) is 12.6. The summed E-state index contributed by atoms with van der Waals surface area (Å²) >= 11 is 0. The van der Waals surface area contributed by atoms with Gasteiger partial charge in [-0.1, -0.05) is 5.16 Å². The first kappa shape index (κ1) is 15.4. The number of aliphatic hydroxyl groups excluding tert-OH is 1. The Morgan fingerprint density at radius 2 is 2.10 bits per heavy atom. The Morgan fingerprint density at radius 3 is 2.65 bits per heavy atom. The van der Waals surface area contributed by atoms with Gasteiger partial charge in [-0.05, 0) is 46.7 Å². The minimum atomic E-state index is -0.417. The van der Waals surface area contributed by atoms with Crippen LogP contribution in [0, 0.1) is 6.92 Å². The van der Waals surface area contributed by atoms with E-state index in [1.807, 2.05) is 20.8 Å². The Kier molecular flexibility index (Phi) is 5.51. The summed E-state index contributed by atoms with van der Waals surface area (Å²) in [6, 6.07) is 0. The van der Waals surface area contributed by atoms with Gasteiger partial charge in [0.05, 0.1) is 18.8 Å². The van der Waals surface area contributed by atoms with Gasteiger partial charge in [-0.25, -0.2) is 0 Å². The lowest BCUT2D eigenvalue weighted by Gasteiger charge is -2.31. The number of hydrogen-bond acceptors (Lipinski definition) is 6. The maximum atomic E-state index is 9.93. The van der Waals surface area contributed by atoms with Gasteiger partial charge >= 0.3 is 0 Å². The number of rotatable bonds is 6. The van der Waals surface area contributed by atoms with Crippen molar-refractivity contribution in [3.05, 3.63) is 11.7 Å². The van der Waals surface area contributed by atoms with E-state index in [0.717, 1.165) is 31.8 Å². The van der Waals surface area contributed by atoms with Gasteiger partial charge < -0.3 is 19.3 Å². The summed E-state index contributed by atoms with van der Waals surface area (Å²) in [6.07, 6.45) is 1.74. The molecule has 1 aromatic heterocycles. The van der Waals surface area contributed by atoms with Gasteiger partial charge in [0, 0.05) is 12.5 Å². The first-order valence-corrected chi connectivity index (χ1v) is 7.37. The highest BCUT2D eigenvalue weighted by atomic mass is 16.5. The molecular weight excluding hydrogens is 258 g/mol. The first-order chi connectivity index (χ1) is 9.54. The molecule has 2 heterocycles. The molecule has 6 nitrogen and oxygen atoms in total. The molecule has 114 valence electrons. The predicted octanol–water partition coefficient (Wildman–Crippen LogP) is 1.34. The third-order valence-corrected chi connectivity index (χ3v) is 3.57. The maximum absolute atomic E-state index is 9.93. The fourth-order valence-corrected chi connectivity index (χ4v) is 2.50. The Hall–Kier alpha value is -0.980. The smallest absolute Gasteiger partial charge is 0.229 e. The fourth-order valence-electron chi connectivity index (χ4n) is 2.50. The summed E-state index contributed by atoms with van der Waals surface area (Å²) in [7, 11) is 0. The summed E-state index contributed by atoms with van der Waals surface area (Å²) in [4.78, 5) is 6.58. The number of aromatic nitrogens is 2. The van der Waals surface area contributed by atoms with Crippen LogP contribution >= 0.6 is 0 Å². The third-order valence-electron chi connectivity index (χ3n) is 3.57. The van der Waals surface area contributed by atoms with Crippen LogP contribution in [0.3, 0.4) is 0 Å². The summed E-state index contributed by atoms with van der Waals surface area (Å²) in [5.74, 6) is 1.81. The molecule has 1 saturated heterocycles. The molecule has 0 spiro atoms. The Morgan fingerprint density at radius 1 is 1.40 bits per heavy atom. The van der Waals surface area contributed by atoms with Crippen LogP contribution in [0.25, 0.3) is 0 Å². The molecule has 6 heteroatoms. The Balaban J connectivity index is 1.71. The lowest BCUT2D eigenvalue weighted by atomic mass is 9.96. The summed E-state index contributed by atoms with van der Waals surface area (Å²) in [6.45, 7) is 8.76. The minimum absolute atomic E-state index is 0.163. The largest absolute Gasteiger partial charge is 0.389 e. The molecule has 1 aromatic rings. The molecule has 0 bridgehead atoms. The lowest BCUT2D eigenvalue weighted by Crippen LogP contribution is -2.40. The highest BCUT2D eigenvalue weighted by molar-refractivity contribution is 4.95. The molecular formula is C14H25N3O3. The van der Waals surface area contributed by atoms with E-state index >= 15 is 0 Å². The number of likely N-dealkylation sites (tertiary alicyclic amines) is 1. The van der Waals surface area contributed by atoms with Crippen molar-refractivity contribution in [1.29, 1.82) is 0 Å². The van der Waals surface area contributed by atoms with E-state index in [1.54, 1.807) is 0 Å². The van der Waals surface area contributed by atoms with Crippen LogP contribution in [0.1, 0.15) is 44.3 Å². The molecule has 2 rings (SSSR count). The van der Waals surface area contributed by atoms with Crippen LogP contribution < -0.4 is 0 Å². The summed E-state index contributed by atoms with van der Waals surface area (Å²) in [5, 5.41) is 13.8. The van der Waals surface area contributed by atoms with E-state index in [-0.39, 0.29) is 6.10 Å². The Labute approximate surface area is 120 Å². The van der Waals surface area contributed by atoms with Crippen LogP contribution in [0.4, 0.5) is 0 Å². The van der Waals surface area contributed by atoms with E-state index in [9.17, 15) is 5.11 Å². The van der Waals surface area contributed by atoms with Crippen molar-refractivity contribution in [3.63, 3.8) is 0 Å². The number of piperidine rings is 1. The first-order valence-electron chi connectivity index (χ1n) is 7.37. The van der Waals surface area contributed by atoms with Gasteiger partial charge in [-0.3, -0.25) is 0 Å². The number of nitrogens with zero attached hydrogens (tertiary/aromatic N) is 3. The second-order valence-corrected chi connectivity index (χ2v) is 5.79. The lowest BCUT2D eigenvalue weighted by molar-refractivity contribution is -0.0115. The molecule has 1 aliphatic heterocycles. The van der Waals surface area contributed by atoms with Gasteiger partial charge in [-0.15, -0.1) is 0 Å². The van der Waals surface area contributed by atoms with E-state index in [0.29, 0.717) is 24.9 Å². The van der Waals surface area contributed by atoms with E-state index in [4.69, 9.17) is 9.26 Å². The van der Waals surface area contributed by atoms with Crippen molar-refractivity contribution in [2.45, 2.75) is 51.7 Å². The SMILES string of the molecule is Cc1noc(C2CCN(CC(O)COC(C)C)CC2)n1. The molecule has 1 atom stereocenters. The molecule has 1 fully saturated rings. The van der Waals surface area contributed by atoms with E-state index < -0.39 is 6.10 Å². The molecule has 0 aromatic carbocycles. The van der Waals surface area contributed by atoms with Crippen LogP contribution in [-0.4, -0.2) is 58.6 Å². The second kappa shape index (κ2) is 7.15. The van der Waals surface area contributed by atoms with Crippen molar-refractivity contribution in [2.24, 2.45) is 0 Å². The highest BCUT2D eigenvalue weighted by Gasteiger charge is 2.25. The van der Waals surface area contributed by atoms with Crippen molar-refractivity contribution in [3.8, 4) is 0 Å². The van der Waals surface area contributed by atoms with Gasteiger partial charge in [0.2, 0.25) is 5.89 Å². The third kappa shape index (κ3) is 4.54. The predicted molar refractivity (Wildman–Crippen MR) is 74.5 cm³/mol. The molecule has 0 saturated carbocycles. The van der Waals surface area contributed by atoms with Crippen LogP contribution in [0.2, 0.25) is 0 Å². The molecule has 0 amide bonds. The summed E-state index contributed by atoms with van der Waals surface area (Å²) < 4.78 is 10.7. The number of hydrogen-bond donors (Lipinski definition) is 1. The quantitative estimate of drug-likeness (QED) is 0.849. The Bertz CT molecular complexity index is 400. The van der Waals surface area contributed by atoms with Crippen molar-refractivity contribution in [1.82, 2.24) is 15.0 Å². The molecule has 0 aliphatic carbocycles. The zero-order chi connectivity index (χ0) is 14.5.